The van der Waals surface area contributed by atoms with E-state index in [2.05, 4.69) is 41.5 Å². The van der Waals surface area contributed by atoms with Crippen molar-refractivity contribution in [1.82, 2.24) is 0 Å². The Hall–Kier alpha value is 0. The van der Waals surface area contributed by atoms with Gasteiger partial charge in [-0.2, -0.15) is 0 Å². The zero-order valence-electron chi connectivity index (χ0n) is 14.0. The quantitative estimate of drug-likeness (QED) is 0.379. The van der Waals surface area contributed by atoms with Gasteiger partial charge in [0.2, 0.25) is 0 Å². The van der Waals surface area contributed by atoms with Crippen molar-refractivity contribution in [3.05, 3.63) is 0 Å². The van der Waals surface area contributed by atoms with E-state index >= 15 is 0 Å². The molecule has 0 amide bonds. The molecule has 0 heterocycles. The van der Waals surface area contributed by atoms with Gasteiger partial charge in [-0.15, -0.1) is 0 Å². The van der Waals surface area contributed by atoms with E-state index in [9.17, 15) is 0 Å². The maximum absolute atomic E-state index is 2.54. The Kier molecular flexibility index (Phi) is 9.87. The van der Waals surface area contributed by atoms with Crippen LogP contribution in [0.4, 0.5) is 0 Å². The molecule has 0 aliphatic carbocycles. The van der Waals surface area contributed by atoms with Crippen LogP contribution >= 0.6 is 0 Å². The third-order valence-corrected chi connectivity index (χ3v) is 4.79. The van der Waals surface area contributed by atoms with Crippen LogP contribution < -0.4 is 0 Å². The summed E-state index contributed by atoms with van der Waals surface area (Å²) in [6.45, 7) is 14.5. The summed E-state index contributed by atoms with van der Waals surface area (Å²) in [6.07, 6.45) is 12.6. The lowest BCUT2D eigenvalue weighted by Crippen LogP contribution is -2.23. The van der Waals surface area contributed by atoms with Crippen molar-refractivity contribution in [3.63, 3.8) is 0 Å². The first-order valence-corrected chi connectivity index (χ1v) is 8.49. The van der Waals surface area contributed by atoms with Crippen LogP contribution in [0.25, 0.3) is 0 Å². The highest BCUT2D eigenvalue weighted by Gasteiger charge is 2.27. The van der Waals surface area contributed by atoms with Gasteiger partial charge in [0.15, 0.2) is 0 Å². The van der Waals surface area contributed by atoms with E-state index < -0.39 is 0 Å². The van der Waals surface area contributed by atoms with Gasteiger partial charge in [0.25, 0.3) is 0 Å². The average Bonchev–Trinajstić information content (AvgIpc) is 2.33. The lowest BCUT2D eigenvalue weighted by Gasteiger charge is -2.34. The molecule has 3 unspecified atom stereocenters. The first-order chi connectivity index (χ1) is 8.49. The minimum atomic E-state index is 0.602. The van der Waals surface area contributed by atoms with Crippen molar-refractivity contribution in [2.45, 2.75) is 99.3 Å². The van der Waals surface area contributed by atoms with Gasteiger partial charge in [0.05, 0.1) is 0 Å². The highest BCUT2D eigenvalue weighted by atomic mass is 14.3. The van der Waals surface area contributed by atoms with Crippen LogP contribution in [0.15, 0.2) is 0 Å². The van der Waals surface area contributed by atoms with Crippen LogP contribution in [0.5, 0.6) is 0 Å². The minimum absolute atomic E-state index is 0.602. The first-order valence-electron chi connectivity index (χ1n) is 8.49. The summed E-state index contributed by atoms with van der Waals surface area (Å²) in [4.78, 5) is 0. The Morgan fingerprint density at radius 3 is 1.89 bits per heavy atom. The molecule has 0 nitrogen and oxygen atoms in total. The Morgan fingerprint density at radius 1 is 0.778 bits per heavy atom. The number of unbranched alkanes of at least 4 members (excludes halogenated alkanes) is 2. The summed E-state index contributed by atoms with van der Waals surface area (Å²) in [5.41, 5.74) is 0.602. The molecule has 0 fully saturated rings. The fourth-order valence-corrected chi connectivity index (χ4v) is 3.33. The minimum Gasteiger partial charge on any atom is -0.0654 e. The van der Waals surface area contributed by atoms with E-state index in [1.165, 1.54) is 57.8 Å². The van der Waals surface area contributed by atoms with Gasteiger partial charge in [-0.05, 0) is 36.5 Å². The maximum Gasteiger partial charge on any atom is -0.0323 e. The molecule has 0 N–H and O–H groups in total. The van der Waals surface area contributed by atoms with Gasteiger partial charge in [0.1, 0.15) is 0 Å². The predicted molar refractivity (Wildman–Crippen MR) is 85.0 cm³/mol. The highest BCUT2D eigenvalue weighted by molar-refractivity contribution is 4.78. The van der Waals surface area contributed by atoms with Crippen LogP contribution in [0.3, 0.4) is 0 Å². The lowest BCUT2D eigenvalue weighted by molar-refractivity contribution is 0.170. The number of rotatable bonds is 11. The van der Waals surface area contributed by atoms with Crippen LogP contribution in [0.1, 0.15) is 99.3 Å². The van der Waals surface area contributed by atoms with Crippen molar-refractivity contribution in [2.75, 3.05) is 0 Å². The molecule has 18 heavy (non-hydrogen) atoms. The van der Waals surface area contributed by atoms with Gasteiger partial charge in [0, 0.05) is 0 Å². The molecule has 0 bridgehead atoms. The van der Waals surface area contributed by atoms with Gasteiger partial charge in [-0.1, -0.05) is 80.1 Å². The molecular weight excluding hydrogens is 216 g/mol. The average molecular weight is 255 g/mol. The maximum atomic E-state index is 2.54. The van der Waals surface area contributed by atoms with Crippen LogP contribution in [0.2, 0.25) is 0 Å². The van der Waals surface area contributed by atoms with Crippen LogP contribution in [-0.2, 0) is 0 Å². The molecule has 110 valence electrons. The van der Waals surface area contributed by atoms with Gasteiger partial charge in [-0.25, -0.2) is 0 Å². The molecule has 0 aliphatic rings. The van der Waals surface area contributed by atoms with Crippen molar-refractivity contribution in [3.8, 4) is 0 Å². The van der Waals surface area contributed by atoms with Crippen molar-refractivity contribution < 1.29 is 0 Å². The Balaban J connectivity index is 4.28. The van der Waals surface area contributed by atoms with Gasteiger partial charge >= 0.3 is 0 Å². The summed E-state index contributed by atoms with van der Waals surface area (Å²) >= 11 is 0. The Morgan fingerprint density at radius 2 is 1.39 bits per heavy atom. The zero-order valence-corrected chi connectivity index (χ0v) is 14.0. The second-order valence-corrected chi connectivity index (χ2v) is 6.97. The standard InChI is InChI=1S/C18H38/c1-7-10-12-16(4)17(5)15-18(6,13-9-3)14-11-8-2/h16-17H,7-15H2,1-6H3. The van der Waals surface area contributed by atoms with Crippen molar-refractivity contribution >= 4 is 0 Å². The second kappa shape index (κ2) is 9.87. The highest BCUT2D eigenvalue weighted by Crippen LogP contribution is 2.39. The third-order valence-electron chi connectivity index (χ3n) is 4.79. The predicted octanol–water partition coefficient (Wildman–Crippen LogP) is 6.84. The third kappa shape index (κ3) is 7.44. The molecule has 0 rings (SSSR count). The summed E-state index contributed by atoms with van der Waals surface area (Å²) in [5, 5.41) is 0. The summed E-state index contributed by atoms with van der Waals surface area (Å²) in [5.74, 6) is 1.80. The van der Waals surface area contributed by atoms with E-state index in [0.717, 1.165) is 11.8 Å². The fraction of sp³-hybridized carbons (Fsp3) is 1.00. The largest absolute Gasteiger partial charge is 0.0654 e. The van der Waals surface area contributed by atoms with E-state index in [1.54, 1.807) is 0 Å². The lowest BCUT2D eigenvalue weighted by atomic mass is 9.71. The summed E-state index contributed by atoms with van der Waals surface area (Å²) in [6, 6.07) is 0. The molecule has 0 aromatic carbocycles. The van der Waals surface area contributed by atoms with Crippen molar-refractivity contribution in [2.24, 2.45) is 17.3 Å². The number of hydrogen-bond donors (Lipinski definition) is 0. The summed E-state index contributed by atoms with van der Waals surface area (Å²) < 4.78 is 0. The van der Waals surface area contributed by atoms with E-state index in [4.69, 9.17) is 0 Å². The smallest absolute Gasteiger partial charge is 0.0323 e. The Bertz CT molecular complexity index is 184. The van der Waals surface area contributed by atoms with Crippen molar-refractivity contribution in [1.29, 1.82) is 0 Å². The topological polar surface area (TPSA) is 0 Å². The zero-order chi connectivity index (χ0) is 14.0. The molecule has 0 saturated carbocycles. The summed E-state index contributed by atoms with van der Waals surface area (Å²) in [7, 11) is 0. The molecular formula is C18H38. The first kappa shape index (κ1) is 18.0. The Labute approximate surface area is 117 Å². The molecule has 3 atom stereocenters. The molecule has 0 aromatic rings. The van der Waals surface area contributed by atoms with Crippen LogP contribution in [-0.4, -0.2) is 0 Å². The molecule has 0 aromatic heterocycles. The van der Waals surface area contributed by atoms with Gasteiger partial charge < -0.3 is 0 Å². The molecule has 0 heteroatoms. The fourth-order valence-electron chi connectivity index (χ4n) is 3.33. The monoisotopic (exact) mass is 254 g/mol. The van der Waals surface area contributed by atoms with E-state index in [1.807, 2.05) is 0 Å². The molecule has 0 saturated heterocycles. The van der Waals surface area contributed by atoms with Gasteiger partial charge in [-0.3, -0.25) is 0 Å². The van der Waals surface area contributed by atoms with Crippen LogP contribution in [0, 0.1) is 17.3 Å². The number of hydrogen-bond acceptors (Lipinski definition) is 0. The molecule has 0 aliphatic heterocycles. The normalized spacial score (nSPS) is 18.3. The van der Waals surface area contributed by atoms with E-state index in [0.29, 0.717) is 5.41 Å². The van der Waals surface area contributed by atoms with E-state index in [-0.39, 0.29) is 0 Å². The second-order valence-electron chi connectivity index (χ2n) is 6.97. The molecule has 0 radical (unpaired) electrons. The SMILES string of the molecule is CCCCC(C)C(C)CC(C)(CCC)CCCC. The molecule has 0 spiro atoms.